The SMILES string of the molecule is CC(=O)Nc1ccc2c(c1)CN(CCc1cccc(Cl)c1)C2. The largest absolute Gasteiger partial charge is 0.326 e. The number of hydrogen-bond donors (Lipinski definition) is 1. The van der Waals surface area contributed by atoms with Crippen LogP contribution in [0, 0.1) is 0 Å². The molecule has 1 N–H and O–H groups in total. The van der Waals surface area contributed by atoms with E-state index in [9.17, 15) is 4.79 Å². The van der Waals surface area contributed by atoms with Crippen LogP contribution in [0.3, 0.4) is 0 Å². The molecule has 3 rings (SSSR count). The molecule has 0 fully saturated rings. The first-order valence-corrected chi connectivity index (χ1v) is 7.84. The molecule has 1 aliphatic rings. The van der Waals surface area contributed by atoms with Gasteiger partial charge in [-0.25, -0.2) is 0 Å². The lowest BCUT2D eigenvalue weighted by Crippen LogP contribution is -2.19. The third-order valence-corrected chi connectivity index (χ3v) is 4.16. The Morgan fingerprint density at radius 3 is 2.77 bits per heavy atom. The molecular weight excluding hydrogens is 296 g/mol. The fraction of sp³-hybridized carbons (Fsp3) is 0.278. The molecule has 2 aromatic carbocycles. The standard InChI is InChI=1S/C18H19ClN2O/c1-13(22)20-18-6-5-15-11-21(12-16(15)10-18)8-7-14-3-2-4-17(19)9-14/h2-6,9-10H,7-8,11-12H2,1H3,(H,20,22). The molecule has 1 aliphatic heterocycles. The highest BCUT2D eigenvalue weighted by Gasteiger charge is 2.18. The molecule has 0 aromatic heterocycles. The van der Waals surface area contributed by atoms with Gasteiger partial charge >= 0.3 is 0 Å². The van der Waals surface area contributed by atoms with Crippen LogP contribution >= 0.6 is 11.6 Å². The molecule has 1 heterocycles. The van der Waals surface area contributed by atoms with E-state index in [4.69, 9.17) is 11.6 Å². The van der Waals surface area contributed by atoms with Gasteiger partial charge in [0.1, 0.15) is 0 Å². The van der Waals surface area contributed by atoms with Crippen LogP contribution < -0.4 is 5.32 Å². The predicted octanol–water partition coefficient (Wildman–Crippen LogP) is 3.86. The van der Waals surface area contributed by atoms with Gasteiger partial charge in [0, 0.05) is 37.3 Å². The van der Waals surface area contributed by atoms with Crippen molar-refractivity contribution in [1.29, 1.82) is 0 Å². The monoisotopic (exact) mass is 314 g/mol. The number of benzene rings is 2. The molecular formula is C18H19ClN2O. The first-order valence-electron chi connectivity index (χ1n) is 7.46. The number of fused-ring (bicyclic) bond motifs is 1. The molecule has 3 nitrogen and oxygen atoms in total. The minimum atomic E-state index is -0.0317. The summed E-state index contributed by atoms with van der Waals surface area (Å²) in [5.41, 5.74) is 4.79. The lowest BCUT2D eigenvalue weighted by atomic mass is 10.1. The summed E-state index contributed by atoms with van der Waals surface area (Å²) >= 11 is 6.02. The van der Waals surface area contributed by atoms with E-state index in [1.165, 1.54) is 23.6 Å². The van der Waals surface area contributed by atoms with Crippen LogP contribution in [0.4, 0.5) is 5.69 Å². The van der Waals surface area contributed by atoms with Gasteiger partial charge in [0.05, 0.1) is 0 Å². The predicted molar refractivity (Wildman–Crippen MR) is 90.0 cm³/mol. The number of anilines is 1. The fourth-order valence-corrected chi connectivity index (χ4v) is 3.10. The molecule has 2 aromatic rings. The number of carbonyl (C=O) groups is 1. The number of amides is 1. The average molecular weight is 315 g/mol. The summed E-state index contributed by atoms with van der Waals surface area (Å²) in [6.45, 7) is 4.44. The van der Waals surface area contributed by atoms with Crippen LogP contribution in [0.2, 0.25) is 5.02 Å². The van der Waals surface area contributed by atoms with Gasteiger partial charge in [0.2, 0.25) is 5.91 Å². The van der Waals surface area contributed by atoms with Crippen molar-refractivity contribution in [2.75, 3.05) is 11.9 Å². The van der Waals surface area contributed by atoms with Crippen molar-refractivity contribution in [3.63, 3.8) is 0 Å². The highest BCUT2D eigenvalue weighted by Crippen LogP contribution is 2.26. The van der Waals surface area contributed by atoms with E-state index < -0.39 is 0 Å². The Labute approximate surface area is 135 Å². The normalized spacial score (nSPS) is 13.9. The van der Waals surface area contributed by atoms with Crippen molar-refractivity contribution in [2.45, 2.75) is 26.4 Å². The second-order valence-corrected chi connectivity index (χ2v) is 6.19. The number of hydrogen-bond acceptors (Lipinski definition) is 2. The highest BCUT2D eigenvalue weighted by atomic mass is 35.5. The Morgan fingerprint density at radius 1 is 1.18 bits per heavy atom. The van der Waals surface area contributed by atoms with Crippen LogP contribution in [0.25, 0.3) is 0 Å². The Morgan fingerprint density at radius 2 is 2.00 bits per heavy atom. The summed E-state index contributed by atoms with van der Waals surface area (Å²) in [6.07, 6.45) is 0.993. The maximum Gasteiger partial charge on any atom is 0.221 e. The first kappa shape index (κ1) is 15.1. The van der Waals surface area contributed by atoms with E-state index >= 15 is 0 Å². The lowest BCUT2D eigenvalue weighted by molar-refractivity contribution is -0.114. The lowest BCUT2D eigenvalue weighted by Gasteiger charge is -2.14. The summed E-state index contributed by atoms with van der Waals surface area (Å²) in [7, 11) is 0. The zero-order valence-corrected chi connectivity index (χ0v) is 13.4. The molecule has 1 amide bonds. The van der Waals surface area contributed by atoms with Crippen LogP contribution in [0.1, 0.15) is 23.6 Å². The molecule has 0 aliphatic carbocycles. The van der Waals surface area contributed by atoms with Gasteiger partial charge in [-0.2, -0.15) is 0 Å². The zero-order chi connectivity index (χ0) is 15.5. The molecule has 4 heteroatoms. The van der Waals surface area contributed by atoms with E-state index in [1.807, 2.05) is 24.3 Å². The van der Waals surface area contributed by atoms with E-state index in [2.05, 4.69) is 28.4 Å². The van der Waals surface area contributed by atoms with Gasteiger partial charge in [-0.05, 0) is 47.4 Å². The van der Waals surface area contributed by atoms with Crippen molar-refractivity contribution in [1.82, 2.24) is 4.90 Å². The second kappa shape index (κ2) is 6.51. The van der Waals surface area contributed by atoms with Crippen LogP contribution in [-0.4, -0.2) is 17.4 Å². The van der Waals surface area contributed by atoms with Gasteiger partial charge in [-0.15, -0.1) is 0 Å². The van der Waals surface area contributed by atoms with Crippen LogP contribution in [0.5, 0.6) is 0 Å². The number of rotatable bonds is 4. The third-order valence-electron chi connectivity index (χ3n) is 3.92. The number of nitrogens with one attached hydrogen (secondary N) is 1. The quantitative estimate of drug-likeness (QED) is 0.929. The Bertz CT molecular complexity index is 699. The minimum absolute atomic E-state index is 0.0317. The molecule has 114 valence electrons. The molecule has 0 atom stereocenters. The minimum Gasteiger partial charge on any atom is -0.326 e. The number of nitrogens with zero attached hydrogens (tertiary/aromatic N) is 1. The van der Waals surface area contributed by atoms with Crippen molar-refractivity contribution < 1.29 is 4.79 Å². The van der Waals surface area contributed by atoms with Crippen LogP contribution in [-0.2, 0) is 24.3 Å². The van der Waals surface area contributed by atoms with Crippen molar-refractivity contribution in [3.8, 4) is 0 Å². The smallest absolute Gasteiger partial charge is 0.221 e. The molecule has 22 heavy (non-hydrogen) atoms. The Hall–Kier alpha value is -1.84. The fourth-order valence-electron chi connectivity index (χ4n) is 2.88. The summed E-state index contributed by atoms with van der Waals surface area (Å²) in [5.74, 6) is -0.0317. The van der Waals surface area contributed by atoms with E-state index in [-0.39, 0.29) is 5.91 Å². The summed E-state index contributed by atoms with van der Waals surface area (Å²) in [4.78, 5) is 13.6. The number of carbonyl (C=O) groups excluding carboxylic acids is 1. The average Bonchev–Trinajstić information content (AvgIpc) is 2.87. The van der Waals surface area contributed by atoms with Crippen molar-refractivity contribution in [2.24, 2.45) is 0 Å². The topological polar surface area (TPSA) is 32.3 Å². The van der Waals surface area contributed by atoms with Crippen molar-refractivity contribution in [3.05, 3.63) is 64.2 Å². The summed E-state index contributed by atoms with van der Waals surface area (Å²) < 4.78 is 0. The van der Waals surface area contributed by atoms with Gasteiger partial charge in [-0.3, -0.25) is 9.69 Å². The van der Waals surface area contributed by atoms with E-state index in [0.29, 0.717) is 0 Å². The van der Waals surface area contributed by atoms with E-state index in [1.54, 1.807) is 0 Å². The molecule has 0 saturated heterocycles. The molecule has 0 spiro atoms. The van der Waals surface area contributed by atoms with Crippen molar-refractivity contribution >= 4 is 23.2 Å². The summed E-state index contributed by atoms with van der Waals surface area (Å²) in [5, 5.41) is 3.63. The van der Waals surface area contributed by atoms with Gasteiger partial charge in [0.25, 0.3) is 0 Å². The molecule has 0 radical (unpaired) electrons. The molecule has 0 bridgehead atoms. The van der Waals surface area contributed by atoms with Gasteiger partial charge in [0.15, 0.2) is 0 Å². The van der Waals surface area contributed by atoms with Gasteiger partial charge in [-0.1, -0.05) is 29.8 Å². The first-order chi connectivity index (χ1) is 10.6. The van der Waals surface area contributed by atoms with Gasteiger partial charge < -0.3 is 5.32 Å². The van der Waals surface area contributed by atoms with Crippen LogP contribution in [0.15, 0.2) is 42.5 Å². The van der Waals surface area contributed by atoms with E-state index in [0.717, 1.165) is 36.8 Å². The summed E-state index contributed by atoms with van der Waals surface area (Å²) in [6, 6.07) is 14.2. The Kier molecular flexibility index (Phi) is 4.46. The maximum absolute atomic E-state index is 11.1. The maximum atomic E-state index is 11.1. The molecule has 0 unspecified atom stereocenters. The third kappa shape index (κ3) is 3.67. The molecule has 0 saturated carbocycles. The number of halogens is 1. The highest BCUT2D eigenvalue weighted by molar-refractivity contribution is 6.30. The second-order valence-electron chi connectivity index (χ2n) is 5.76. The zero-order valence-electron chi connectivity index (χ0n) is 12.6. The Balaban J connectivity index is 1.61.